The van der Waals surface area contributed by atoms with Crippen LogP contribution in [0, 0.1) is 0 Å². The van der Waals surface area contributed by atoms with Gasteiger partial charge in [-0.05, 0) is 18.1 Å². The molecule has 32 heavy (non-hydrogen) atoms. The number of aryl methyl sites for hydroxylation is 1. The van der Waals surface area contributed by atoms with Crippen LogP contribution >= 0.6 is 0 Å². The molecule has 7 nitrogen and oxygen atoms in total. The zero-order chi connectivity index (χ0) is 22.5. The molecule has 1 unspecified atom stereocenters. The van der Waals surface area contributed by atoms with E-state index in [1.165, 1.54) is 0 Å². The average molecular weight is 428 g/mol. The number of para-hydroxylation sites is 1. The van der Waals surface area contributed by atoms with Gasteiger partial charge in [-0.3, -0.25) is 9.59 Å². The van der Waals surface area contributed by atoms with Crippen molar-refractivity contribution in [3.63, 3.8) is 0 Å². The number of hydrogen-bond donors (Lipinski definition) is 1. The summed E-state index contributed by atoms with van der Waals surface area (Å²) in [6.45, 7) is 1.98. The first-order chi connectivity index (χ1) is 15.6. The Kier molecular flexibility index (Phi) is 6.26. The fraction of sp³-hybridized carbons (Fsp3) is 0.200. The van der Waals surface area contributed by atoms with Gasteiger partial charge in [0.25, 0.3) is 0 Å². The second-order valence-electron chi connectivity index (χ2n) is 7.45. The van der Waals surface area contributed by atoms with Crippen LogP contribution in [0.5, 0.6) is 0 Å². The Morgan fingerprint density at radius 1 is 1.03 bits per heavy atom. The van der Waals surface area contributed by atoms with Crippen molar-refractivity contribution in [3.8, 4) is 0 Å². The molecule has 0 fully saturated rings. The Morgan fingerprint density at radius 3 is 2.50 bits per heavy atom. The quantitative estimate of drug-likeness (QED) is 0.335. The van der Waals surface area contributed by atoms with Gasteiger partial charge in [-0.25, -0.2) is 9.97 Å². The molecule has 0 saturated carbocycles. The van der Waals surface area contributed by atoms with Crippen LogP contribution in [0.1, 0.15) is 34.5 Å². The maximum absolute atomic E-state index is 13.6. The number of ketones is 1. The average Bonchev–Trinajstić information content (AvgIpc) is 3.27. The van der Waals surface area contributed by atoms with Crippen LogP contribution in [0.2, 0.25) is 0 Å². The number of carbonyl (C=O) groups excluding carboxylic acids is 2. The lowest BCUT2D eigenvalue weighted by Crippen LogP contribution is -2.31. The van der Waals surface area contributed by atoms with Crippen LogP contribution < -0.4 is 4.90 Å². The van der Waals surface area contributed by atoms with E-state index >= 15 is 0 Å². The van der Waals surface area contributed by atoms with E-state index in [1.807, 2.05) is 36.4 Å². The minimum atomic E-state index is -1.06. The van der Waals surface area contributed by atoms with E-state index in [2.05, 4.69) is 21.9 Å². The van der Waals surface area contributed by atoms with Gasteiger partial charge in [-0.2, -0.15) is 0 Å². The summed E-state index contributed by atoms with van der Waals surface area (Å²) >= 11 is 0. The van der Waals surface area contributed by atoms with Crippen molar-refractivity contribution < 1.29 is 14.3 Å². The molecule has 0 amide bonds. The molecule has 1 N–H and O–H groups in total. The first-order valence-corrected chi connectivity index (χ1v) is 10.4. The lowest BCUT2D eigenvalue weighted by molar-refractivity contribution is -0.145. The smallest absolute Gasteiger partial charge is 0.326 e. The highest BCUT2D eigenvalue weighted by Gasteiger charge is 2.29. The highest BCUT2D eigenvalue weighted by molar-refractivity contribution is 6.11. The van der Waals surface area contributed by atoms with Gasteiger partial charge >= 0.3 is 5.97 Å². The van der Waals surface area contributed by atoms with Crippen LogP contribution in [-0.2, 0) is 16.0 Å². The molecule has 1 atom stereocenters. The van der Waals surface area contributed by atoms with E-state index in [-0.39, 0.29) is 12.3 Å². The second kappa shape index (κ2) is 9.43. The minimum absolute atomic E-state index is 0.0888. The summed E-state index contributed by atoms with van der Waals surface area (Å²) < 4.78 is 5.72. The first-order valence-electron chi connectivity index (χ1n) is 10.4. The SMILES string of the molecule is CCc1cccc2c(C(=O)C(OC(=O)CN(C)c3ncccn3)c3ccccc3)c[nH]c12. The molecule has 4 rings (SSSR count). The largest absolute Gasteiger partial charge is 0.448 e. The lowest BCUT2D eigenvalue weighted by atomic mass is 9.98. The molecule has 0 aliphatic carbocycles. The van der Waals surface area contributed by atoms with Gasteiger partial charge < -0.3 is 14.6 Å². The molecular weight excluding hydrogens is 404 g/mol. The summed E-state index contributed by atoms with van der Waals surface area (Å²) in [6.07, 6.45) is 4.68. The third kappa shape index (κ3) is 4.37. The van der Waals surface area contributed by atoms with Gasteiger partial charge in [0.15, 0.2) is 6.10 Å². The number of benzene rings is 2. The highest BCUT2D eigenvalue weighted by Crippen LogP contribution is 2.29. The Balaban J connectivity index is 1.62. The van der Waals surface area contributed by atoms with E-state index in [0.717, 1.165) is 22.9 Å². The summed E-state index contributed by atoms with van der Waals surface area (Å²) in [5.74, 6) is -0.422. The van der Waals surface area contributed by atoms with Crippen LogP contribution in [0.25, 0.3) is 10.9 Å². The van der Waals surface area contributed by atoms with E-state index in [9.17, 15) is 9.59 Å². The van der Waals surface area contributed by atoms with E-state index < -0.39 is 12.1 Å². The Morgan fingerprint density at radius 2 is 1.78 bits per heavy atom. The maximum Gasteiger partial charge on any atom is 0.326 e. The number of rotatable bonds is 8. The molecule has 2 heterocycles. The minimum Gasteiger partial charge on any atom is -0.448 e. The monoisotopic (exact) mass is 428 g/mol. The standard InChI is InChI=1S/C25H24N4O3/c1-3-17-11-7-12-19-20(15-28-22(17)19)23(31)24(18-9-5-4-6-10-18)32-21(30)16-29(2)25-26-13-8-14-27-25/h4-15,24,28H,3,16H2,1-2H3. The molecule has 0 radical (unpaired) electrons. The zero-order valence-electron chi connectivity index (χ0n) is 18.0. The molecule has 0 bridgehead atoms. The number of likely N-dealkylation sites (N-methyl/N-ethyl adjacent to an activating group) is 1. The lowest BCUT2D eigenvalue weighted by Gasteiger charge is -2.20. The molecule has 162 valence electrons. The number of anilines is 1. The molecule has 0 aliphatic rings. The molecule has 2 aromatic carbocycles. The molecule has 0 spiro atoms. The summed E-state index contributed by atoms with van der Waals surface area (Å²) in [5.41, 5.74) is 3.17. The Bertz CT molecular complexity index is 1220. The normalized spacial score (nSPS) is 11.8. The third-order valence-corrected chi connectivity index (χ3v) is 5.30. The topological polar surface area (TPSA) is 88.2 Å². The molecule has 2 aromatic heterocycles. The van der Waals surface area contributed by atoms with Crippen molar-refractivity contribution in [2.45, 2.75) is 19.4 Å². The predicted molar refractivity (Wildman–Crippen MR) is 123 cm³/mol. The maximum atomic E-state index is 13.6. The molecule has 7 heteroatoms. The number of H-pyrrole nitrogens is 1. The summed E-state index contributed by atoms with van der Waals surface area (Å²) in [4.78, 5) is 39.4. The number of aromatic amines is 1. The number of carbonyl (C=O) groups is 2. The summed E-state index contributed by atoms with van der Waals surface area (Å²) in [7, 11) is 1.70. The van der Waals surface area contributed by atoms with Crippen molar-refractivity contribution in [3.05, 3.63) is 89.9 Å². The fourth-order valence-electron chi connectivity index (χ4n) is 3.68. The number of aromatic nitrogens is 3. The van der Waals surface area contributed by atoms with Gasteiger partial charge in [-0.15, -0.1) is 0 Å². The number of nitrogens with one attached hydrogen (secondary N) is 1. The second-order valence-corrected chi connectivity index (χ2v) is 7.45. The number of Topliss-reactive ketones (excluding diaryl/α,β-unsaturated/α-hetero) is 1. The highest BCUT2D eigenvalue weighted by atomic mass is 16.5. The van der Waals surface area contributed by atoms with Crippen LogP contribution in [0.3, 0.4) is 0 Å². The third-order valence-electron chi connectivity index (χ3n) is 5.30. The van der Waals surface area contributed by atoms with E-state index in [4.69, 9.17) is 4.74 Å². The number of esters is 1. The number of fused-ring (bicyclic) bond motifs is 1. The van der Waals surface area contributed by atoms with Crippen molar-refractivity contribution >= 4 is 28.6 Å². The number of nitrogens with zero attached hydrogens (tertiary/aromatic N) is 3. The molecule has 4 aromatic rings. The van der Waals surface area contributed by atoms with E-state index in [1.54, 1.807) is 48.7 Å². The van der Waals surface area contributed by atoms with Gasteiger partial charge in [0.2, 0.25) is 11.7 Å². The first kappa shape index (κ1) is 21.2. The zero-order valence-corrected chi connectivity index (χ0v) is 18.0. The van der Waals surface area contributed by atoms with Crippen molar-refractivity contribution in [2.75, 3.05) is 18.5 Å². The van der Waals surface area contributed by atoms with Crippen LogP contribution in [0.4, 0.5) is 5.95 Å². The summed E-state index contributed by atoms with van der Waals surface area (Å²) in [5, 5.41) is 0.820. The van der Waals surface area contributed by atoms with E-state index in [0.29, 0.717) is 17.1 Å². The van der Waals surface area contributed by atoms with Crippen LogP contribution in [-0.4, -0.2) is 40.3 Å². The molecular formula is C25H24N4O3. The van der Waals surface area contributed by atoms with Crippen molar-refractivity contribution in [1.82, 2.24) is 15.0 Å². The number of ether oxygens (including phenoxy) is 1. The van der Waals surface area contributed by atoms with Crippen molar-refractivity contribution in [1.29, 1.82) is 0 Å². The molecule has 0 aliphatic heterocycles. The van der Waals surface area contributed by atoms with Gasteiger partial charge in [-0.1, -0.05) is 55.5 Å². The fourth-order valence-corrected chi connectivity index (χ4v) is 3.68. The Labute approximate surface area is 186 Å². The summed E-state index contributed by atoms with van der Waals surface area (Å²) in [6, 6.07) is 16.6. The Hall–Kier alpha value is -4.00. The van der Waals surface area contributed by atoms with Gasteiger partial charge in [0.05, 0.1) is 0 Å². The van der Waals surface area contributed by atoms with Crippen LogP contribution in [0.15, 0.2) is 73.2 Å². The predicted octanol–water partition coefficient (Wildman–Crippen LogP) is 4.12. The van der Waals surface area contributed by atoms with Crippen molar-refractivity contribution in [2.24, 2.45) is 0 Å². The van der Waals surface area contributed by atoms with Gasteiger partial charge in [0, 0.05) is 47.7 Å². The number of hydrogen-bond acceptors (Lipinski definition) is 6. The van der Waals surface area contributed by atoms with Gasteiger partial charge in [0.1, 0.15) is 6.54 Å². The molecule has 0 saturated heterocycles.